The second-order valence-electron chi connectivity index (χ2n) is 1.59. The Bertz CT molecular complexity index is 175. The third-order valence-corrected chi connectivity index (χ3v) is 1.13. The molecule has 0 bridgehead atoms. The highest BCUT2D eigenvalue weighted by atomic mass is 35.5. The van der Waals surface area contributed by atoms with Gasteiger partial charge in [-0.3, -0.25) is 0 Å². The summed E-state index contributed by atoms with van der Waals surface area (Å²) in [7, 11) is 0. The van der Waals surface area contributed by atoms with Gasteiger partial charge in [-0.15, -0.1) is 0 Å². The smallest absolute Gasteiger partial charge is 0.216 e. The molecular formula is C5H6ClNO. The Labute approximate surface area is 52.2 Å². The number of halogens is 1. The van der Waals surface area contributed by atoms with Crippen molar-refractivity contribution in [1.82, 2.24) is 0 Å². The van der Waals surface area contributed by atoms with Crippen molar-refractivity contribution in [2.45, 2.75) is 6.92 Å². The molecule has 1 aromatic rings. The molecule has 0 spiro atoms. The Kier molecular flexibility index (Phi) is 1.18. The molecule has 0 aliphatic rings. The van der Waals surface area contributed by atoms with Crippen LogP contribution in [0.5, 0.6) is 0 Å². The molecule has 2 nitrogen and oxygen atoms in total. The number of rotatable bonds is 0. The Morgan fingerprint density at radius 3 is 2.50 bits per heavy atom. The first-order chi connectivity index (χ1) is 3.70. The van der Waals surface area contributed by atoms with E-state index < -0.39 is 0 Å². The third-order valence-electron chi connectivity index (χ3n) is 0.836. The van der Waals surface area contributed by atoms with Crippen LogP contribution in [0.3, 0.4) is 0 Å². The van der Waals surface area contributed by atoms with Gasteiger partial charge in [-0.1, -0.05) is 0 Å². The number of nitrogen functional groups attached to an aromatic ring is 1. The molecule has 0 amide bonds. The molecule has 0 aliphatic heterocycles. The molecule has 0 saturated carbocycles. The molecule has 0 unspecified atom stereocenters. The van der Waals surface area contributed by atoms with Crippen molar-refractivity contribution >= 4 is 17.3 Å². The molecule has 0 fully saturated rings. The Morgan fingerprint density at radius 2 is 2.38 bits per heavy atom. The van der Waals surface area contributed by atoms with E-state index in [-0.39, 0.29) is 5.22 Å². The highest BCUT2D eigenvalue weighted by Crippen LogP contribution is 2.21. The van der Waals surface area contributed by atoms with Crippen LogP contribution in [0.4, 0.5) is 5.69 Å². The van der Waals surface area contributed by atoms with Crippen molar-refractivity contribution in [3.8, 4) is 0 Å². The van der Waals surface area contributed by atoms with E-state index in [1.165, 1.54) is 0 Å². The van der Waals surface area contributed by atoms with E-state index in [0.29, 0.717) is 5.69 Å². The minimum atomic E-state index is 0.280. The lowest BCUT2D eigenvalue weighted by molar-refractivity contribution is 0.537. The normalized spacial score (nSPS) is 9.75. The van der Waals surface area contributed by atoms with Gasteiger partial charge < -0.3 is 10.2 Å². The van der Waals surface area contributed by atoms with Crippen LogP contribution >= 0.6 is 11.6 Å². The van der Waals surface area contributed by atoms with Gasteiger partial charge in [-0.05, 0) is 18.5 Å². The van der Waals surface area contributed by atoms with Crippen LogP contribution in [0.25, 0.3) is 0 Å². The zero-order chi connectivity index (χ0) is 6.15. The van der Waals surface area contributed by atoms with E-state index in [1.807, 2.05) is 0 Å². The molecule has 2 N–H and O–H groups in total. The lowest BCUT2D eigenvalue weighted by atomic mass is 10.5. The number of hydrogen-bond acceptors (Lipinski definition) is 2. The van der Waals surface area contributed by atoms with Crippen molar-refractivity contribution < 1.29 is 4.42 Å². The summed E-state index contributed by atoms with van der Waals surface area (Å²) >= 11 is 5.44. The van der Waals surface area contributed by atoms with Crippen molar-refractivity contribution in [3.63, 3.8) is 0 Å². The van der Waals surface area contributed by atoms with Gasteiger partial charge in [0.05, 0.1) is 5.69 Å². The first kappa shape index (κ1) is 5.51. The zero-order valence-corrected chi connectivity index (χ0v) is 5.20. The van der Waals surface area contributed by atoms with E-state index in [9.17, 15) is 0 Å². The molecule has 1 heterocycles. The Balaban J connectivity index is 3.14. The van der Waals surface area contributed by atoms with Crippen LogP contribution in [0.15, 0.2) is 10.5 Å². The molecular weight excluding hydrogens is 126 g/mol. The van der Waals surface area contributed by atoms with Crippen LogP contribution in [0, 0.1) is 6.92 Å². The summed E-state index contributed by atoms with van der Waals surface area (Å²) < 4.78 is 4.85. The fourth-order valence-corrected chi connectivity index (χ4v) is 0.682. The fourth-order valence-electron chi connectivity index (χ4n) is 0.505. The summed E-state index contributed by atoms with van der Waals surface area (Å²) in [6.45, 7) is 1.79. The summed E-state index contributed by atoms with van der Waals surface area (Å²) in [5.41, 5.74) is 5.82. The van der Waals surface area contributed by atoms with Crippen LogP contribution in [0.2, 0.25) is 5.22 Å². The molecule has 1 rings (SSSR count). The summed E-state index contributed by atoms with van der Waals surface area (Å²) in [5.74, 6) is 0.743. The number of nitrogens with two attached hydrogens (primary N) is 1. The van der Waals surface area contributed by atoms with Crippen LogP contribution in [0.1, 0.15) is 5.76 Å². The largest absolute Gasteiger partial charge is 0.448 e. The van der Waals surface area contributed by atoms with E-state index in [0.717, 1.165) is 5.76 Å². The predicted molar refractivity (Wildman–Crippen MR) is 32.9 cm³/mol. The summed E-state index contributed by atoms with van der Waals surface area (Å²) in [6.07, 6.45) is 0. The van der Waals surface area contributed by atoms with E-state index in [1.54, 1.807) is 13.0 Å². The fraction of sp³-hybridized carbons (Fsp3) is 0.200. The van der Waals surface area contributed by atoms with Gasteiger partial charge in [-0.25, -0.2) is 0 Å². The van der Waals surface area contributed by atoms with Gasteiger partial charge in [0, 0.05) is 6.07 Å². The van der Waals surface area contributed by atoms with Gasteiger partial charge in [0.15, 0.2) is 0 Å². The average molecular weight is 132 g/mol. The van der Waals surface area contributed by atoms with Crippen molar-refractivity contribution in [2.24, 2.45) is 0 Å². The number of hydrogen-bond donors (Lipinski definition) is 1. The maximum Gasteiger partial charge on any atom is 0.216 e. The highest BCUT2D eigenvalue weighted by molar-refractivity contribution is 6.31. The molecule has 0 saturated heterocycles. The van der Waals surface area contributed by atoms with Crippen LogP contribution < -0.4 is 5.73 Å². The van der Waals surface area contributed by atoms with Crippen molar-refractivity contribution in [3.05, 3.63) is 17.0 Å². The molecule has 0 radical (unpaired) electrons. The lowest BCUT2D eigenvalue weighted by Gasteiger charge is -1.77. The lowest BCUT2D eigenvalue weighted by Crippen LogP contribution is -1.77. The van der Waals surface area contributed by atoms with Crippen molar-refractivity contribution in [1.29, 1.82) is 0 Å². The summed E-state index contributed by atoms with van der Waals surface area (Å²) in [6, 6.07) is 1.68. The SMILES string of the molecule is Cc1cc(N)c(Cl)o1. The maximum atomic E-state index is 5.44. The van der Waals surface area contributed by atoms with E-state index in [4.69, 9.17) is 21.8 Å². The number of furan rings is 1. The maximum absolute atomic E-state index is 5.44. The standard InChI is InChI=1S/C5H6ClNO/c1-3-2-4(7)5(6)8-3/h2H,7H2,1H3. The Morgan fingerprint density at radius 1 is 1.75 bits per heavy atom. The van der Waals surface area contributed by atoms with Gasteiger partial charge >= 0.3 is 0 Å². The second-order valence-corrected chi connectivity index (χ2v) is 1.93. The van der Waals surface area contributed by atoms with Gasteiger partial charge in [0.25, 0.3) is 0 Å². The second kappa shape index (κ2) is 1.71. The first-order valence-corrected chi connectivity index (χ1v) is 2.59. The zero-order valence-electron chi connectivity index (χ0n) is 4.44. The first-order valence-electron chi connectivity index (χ1n) is 2.21. The van der Waals surface area contributed by atoms with Crippen LogP contribution in [-0.4, -0.2) is 0 Å². The topological polar surface area (TPSA) is 39.2 Å². The number of anilines is 1. The monoisotopic (exact) mass is 131 g/mol. The summed E-state index contributed by atoms with van der Waals surface area (Å²) in [5, 5.41) is 0.280. The van der Waals surface area contributed by atoms with Crippen molar-refractivity contribution in [2.75, 3.05) is 5.73 Å². The third kappa shape index (κ3) is 0.793. The molecule has 0 aromatic carbocycles. The average Bonchev–Trinajstić information content (AvgIpc) is 1.85. The van der Waals surface area contributed by atoms with E-state index in [2.05, 4.69) is 0 Å². The molecule has 1 aromatic heterocycles. The molecule has 3 heteroatoms. The van der Waals surface area contributed by atoms with Crippen LogP contribution in [-0.2, 0) is 0 Å². The van der Waals surface area contributed by atoms with Gasteiger partial charge in [0.1, 0.15) is 5.76 Å². The molecule has 44 valence electrons. The molecule has 0 atom stereocenters. The van der Waals surface area contributed by atoms with Gasteiger partial charge in [0.2, 0.25) is 5.22 Å². The van der Waals surface area contributed by atoms with E-state index >= 15 is 0 Å². The Hall–Kier alpha value is -0.630. The molecule has 8 heavy (non-hydrogen) atoms. The van der Waals surface area contributed by atoms with Gasteiger partial charge in [-0.2, -0.15) is 0 Å². The minimum Gasteiger partial charge on any atom is -0.448 e. The number of aryl methyl sites for hydroxylation is 1. The predicted octanol–water partition coefficient (Wildman–Crippen LogP) is 1.82. The highest BCUT2D eigenvalue weighted by Gasteiger charge is 1.98. The minimum absolute atomic E-state index is 0.280. The summed E-state index contributed by atoms with van der Waals surface area (Å²) in [4.78, 5) is 0. The quantitative estimate of drug-likeness (QED) is 0.584. The molecule has 0 aliphatic carbocycles.